The lowest BCUT2D eigenvalue weighted by Gasteiger charge is -2.26. The molecule has 0 radical (unpaired) electrons. The molecule has 1 N–H and O–H groups in total. The van der Waals surface area contributed by atoms with Gasteiger partial charge in [-0.1, -0.05) is 30.7 Å². The molecule has 0 saturated carbocycles. The second-order valence-corrected chi connectivity index (χ2v) is 6.04. The second-order valence-electron chi connectivity index (χ2n) is 6.04. The molecule has 0 spiro atoms. The molecular formula is C18H29NO. The molecule has 20 heavy (non-hydrogen) atoms. The zero-order valence-electron chi connectivity index (χ0n) is 13.2. The third kappa shape index (κ3) is 4.32. The second kappa shape index (κ2) is 7.80. The van der Waals surface area contributed by atoms with Crippen LogP contribution in [0.5, 0.6) is 0 Å². The molecule has 0 bridgehead atoms. The summed E-state index contributed by atoms with van der Waals surface area (Å²) in [7, 11) is 0. The van der Waals surface area contributed by atoms with E-state index in [2.05, 4.69) is 44.3 Å². The number of nitrogens with one attached hydrogen (secondary N) is 1. The van der Waals surface area contributed by atoms with Crippen LogP contribution < -0.4 is 5.32 Å². The molecule has 0 amide bonds. The summed E-state index contributed by atoms with van der Waals surface area (Å²) in [5.74, 6) is 0. The smallest absolute Gasteiger partial charge is 0.0575 e. The van der Waals surface area contributed by atoms with Crippen LogP contribution in [0.3, 0.4) is 0 Å². The van der Waals surface area contributed by atoms with Crippen molar-refractivity contribution in [3.8, 4) is 0 Å². The summed E-state index contributed by atoms with van der Waals surface area (Å²) < 4.78 is 5.87. The fourth-order valence-electron chi connectivity index (χ4n) is 3.14. The standard InChI is InChI=1S/C18H29NO/c1-4-19-18(11-10-16-7-5-6-12-20-16)17-13-14(2)8-9-15(17)3/h8-9,13,16,18-19H,4-7,10-12H2,1-3H3. The van der Waals surface area contributed by atoms with E-state index in [0.29, 0.717) is 12.1 Å². The zero-order chi connectivity index (χ0) is 14.4. The molecule has 1 fully saturated rings. The van der Waals surface area contributed by atoms with E-state index in [4.69, 9.17) is 4.74 Å². The van der Waals surface area contributed by atoms with Gasteiger partial charge in [0.05, 0.1) is 6.10 Å². The van der Waals surface area contributed by atoms with Crippen LogP contribution in [0.4, 0.5) is 0 Å². The van der Waals surface area contributed by atoms with Crippen LogP contribution in [0.15, 0.2) is 18.2 Å². The van der Waals surface area contributed by atoms with E-state index >= 15 is 0 Å². The van der Waals surface area contributed by atoms with Crippen molar-refractivity contribution in [3.63, 3.8) is 0 Å². The molecule has 2 unspecified atom stereocenters. The topological polar surface area (TPSA) is 21.3 Å². The summed E-state index contributed by atoms with van der Waals surface area (Å²) >= 11 is 0. The van der Waals surface area contributed by atoms with Crippen molar-refractivity contribution >= 4 is 0 Å². The van der Waals surface area contributed by atoms with Gasteiger partial charge in [0, 0.05) is 12.6 Å². The average molecular weight is 275 g/mol. The van der Waals surface area contributed by atoms with E-state index in [1.54, 1.807) is 0 Å². The Bertz CT molecular complexity index is 410. The molecule has 0 aromatic heterocycles. The van der Waals surface area contributed by atoms with E-state index in [9.17, 15) is 0 Å². The van der Waals surface area contributed by atoms with Crippen molar-refractivity contribution in [2.75, 3.05) is 13.2 Å². The van der Waals surface area contributed by atoms with Gasteiger partial charge < -0.3 is 10.1 Å². The lowest BCUT2D eigenvalue weighted by atomic mass is 9.93. The highest BCUT2D eigenvalue weighted by Crippen LogP contribution is 2.26. The van der Waals surface area contributed by atoms with Crippen LogP contribution in [0, 0.1) is 13.8 Å². The number of aryl methyl sites for hydroxylation is 2. The minimum Gasteiger partial charge on any atom is -0.378 e. The molecule has 1 aromatic carbocycles. The Balaban J connectivity index is 2.00. The Hall–Kier alpha value is -0.860. The lowest BCUT2D eigenvalue weighted by Crippen LogP contribution is -2.25. The maximum Gasteiger partial charge on any atom is 0.0575 e. The first-order valence-electron chi connectivity index (χ1n) is 8.13. The molecule has 1 heterocycles. The summed E-state index contributed by atoms with van der Waals surface area (Å²) in [6, 6.07) is 7.24. The molecule has 1 saturated heterocycles. The number of hydrogen-bond acceptors (Lipinski definition) is 2. The fourth-order valence-corrected chi connectivity index (χ4v) is 3.14. The largest absolute Gasteiger partial charge is 0.378 e. The summed E-state index contributed by atoms with van der Waals surface area (Å²) in [5.41, 5.74) is 4.20. The summed E-state index contributed by atoms with van der Waals surface area (Å²) in [4.78, 5) is 0. The maximum absolute atomic E-state index is 5.87. The van der Waals surface area contributed by atoms with Crippen molar-refractivity contribution in [1.29, 1.82) is 0 Å². The van der Waals surface area contributed by atoms with Gasteiger partial charge in [-0.25, -0.2) is 0 Å². The van der Waals surface area contributed by atoms with E-state index in [0.717, 1.165) is 13.2 Å². The van der Waals surface area contributed by atoms with Gasteiger partial charge in [0.25, 0.3) is 0 Å². The number of rotatable bonds is 6. The highest BCUT2D eigenvalue weighted by molar-refractivity contribution is 5.33. The Morgan fingerprint density at radius 1 is 1.30 bits per heavy atom. The van der Waals surface area contributed by atoms with E-state index in [1.165, 1.54) is 48.8 Å². The van der Waals surface area contributed by atoms with Crippen molar-refractivity contribution in [3.05, 3.63) is 34.9 Å². The molecule has 2 rings (SSSR count). The Labute approximate surface area is 123 Å². The first-order valence-corrected chi connectivity index (χ1v) is 8.13. The molecule has 1 aliphatic heterocycles. The van der Waals surface area contributed by atoms with Gasteiger partial charge in [0.15, 0.2) is 0 Å². The van der Waals surface area contributed by atoms with Crippen molar-refractivity contribution in [1.82, 2.24) is 5.32 Å². The van der Waals surface area contributed by atoms with Gasteiger partial charge >= 0.3 is 0 Å². The summed E-state index contributed by atoms with van der Waals surface area (Å²) in [6.07, 6.45) is 6.64. The minimum atomic E-state index is 0.463. The maximum atomic E-state index is 5.87. The molecule has 2 nitrogen and oxygen atoms in total. The predicted octanol–water partition coefficient (Wildman–Crippen LogP) is 4.30. The van der Waals surface area contributed by atoms with Gasteiger partial charge in [-0.05, 0) is 63.6 Å². The number of ether oxygens (including phenoxy) is 1. The lowest BCUT2D eigenvalue weighted by molar-refractivity contribution is 0.00855. The predicted molar refractivity (Wildman–Crippen MR) is 85.2 cm³/mol. The van der Waals surface area contributed by atoms with Gasteiger partial charge in [-0.15, -0.1) is 0 Å². The molecule has 112 valence electrons. The molecule has 1 aromatic rings. The van der Waals surface area contributed by atoms with Crippen LogP contribution in [0.1, 0.15) is 61.8 Å². The Morgan fingerprint density at radius 2 is 2.15 bits per heavy atom. The first kappa shape index (κ1) is 15.5. The van der Waals surface area contributed by atoms with Gasteiger partial charge in [-0.3, -0.25) is 0 Å². The minimum absolute atomic E-state index is 0.463. The summed E-state index contributed by atoms with van der Waals surface area (Å²) in [5, 5.41) is 3.65. The van der Waals surface area contributed by atoms with E-state index < -0.39 is 0 Å². The monoisotopic (exact) mass is 275 g/mol. The van der Waals surface area contributed by atoms with Crippen LogP contribution in [-0.2, 0) is 4.74 Å². The summed E-state index contributed by atoms with van der Waals surface area (Å²) in [6.45, 7) is 8.56. The Kier molecular flexibility index (Phi) is 6.06. The van der Waals surface area contributed by atoms with Crippen LogP contribution in [-0.4, -0.2) is 19.3 Å². The van der Waals surface area contributed by atoms with E-state index in [-0.39, 0.29) is 0 Å². The number of benzene rings is 1. The normalized spacial score (nSPS) is 20.9. The van der Waals surface area contributed by atoms with Crippen LogP contribution in [0.2, 0.25) is 0 Å². The van der Waals surface area contributed by atoms with Gasteiger partial charge in [0.1, 0.15) is 0 Å². The fraction of sp³-hybridized carbons (Fsp3) is 0.667. The highest BCUT2D eigenvalue weighted by atomic mass is 16.5. The van der Waals surface area contributed by atoms with Gasteiger partial charge in [-0.2, -0.15) is 0 Å². The third-order valence-electron chi connectivity index (χ3n) is 4.31. The van der Waals surface area contributed by atoms with Gasteiger partial charge in [0.2, 0.25) is 0 Å². The van der Waals surface area contributed by atoms with Crippen LogP contribution in [0.25, 0.3) is 0 Å². The van der Waals surface area contributed by atoms with Crippen molar-refractivity contribution < 1.29 is 4.74 Å². The zero-order valence-corrected chi connectivity index (χ0v) is 13.2. The molecule has 1 aliphatic rings. The quantitative estimate of drug-likeness (QED) is 0.835. The molecule has 0 aliphatic carbocycles. The SMILES string of the molecule is CCNC(CCC1CCCCO1)c1cc(C)ccc1C. The first-order chi connectivity index (χ1) is 9.70. The van der Waals surface area contributed by atoms with E-state index in [1.807, 2.05) is 0 Å². The third-order valence-corrected chi connectivity index (χ3v) is 4.31. The Morgan fingerprint density at radius 3 is 2.85 bits per heavy atom. The van der Waals surface area contributed by atoms with Crippen molar-refractivity contribution in [2.24, 2.45) is 0 Å². The number of hydrogen-bond donors (Lipinski definition) is 1. The highest BCUT2D eigenvalue weighted by Gasteiger charge is 2.18. The van der Waals surface area contributed by atoms with Crippen molar-refractivity contribution in [2.45, 2.75) is 65.0 Å². The molecular weight excluding hydrogens is 246 g/mol. The molecule has 2 atom stereocenters. The van der Waals surface area contributed by atoms with Crippen LogP contribution >= 0.6 is 0 Å². The molecule has 2 heteroatoms. The average Bonchev–Trinajstić information content (AvgIpc) is 2.47.